The number of nitriles is 2. The molecule has 2 nitrogen and oxygen atoms in total. The van der Waals surface area contributed by atoms with Gasteiger partial charge in [0.1, 0.15) is 0 Å². The van der Waals surface area contributed by atoms with E-state index in [4.69, 9.17) is 0 Å². The highest BCUT2D eigenvalue weighted by Gasteiger charge is 2.70. The Labute approximate surface area is 117 Å². The van der Waals surface area contributed by atoms with Crippen molar-refractivity contribution in [3.63, 3.8) is 0 Å². The fourth-order valence-corrected chi connectivity index (χ4v) is 6.35. The molecule has 0 aromatic carbocycles. The average Bonchev–Trinajstić information content (AvgIpc) is 2.89. The smallest absolute Gasteiger partial charge is 0.0951 e. The van der Waals surface area contributed by atoms with Crippen molar-refractivity contribution in [1.29, 1.82) is 10.5 Å². The molecular weight excluding hydrogens is 344 g/mol. The molecule has 0 heterocycles. The molecule has 3 rings (SSSR count). The summed E-state index contributed by atoms with van der Waals surface area (Å²) >= 11 is 7.38. The molecule has 4 atom stereocenters. The second-order valence-electron chi connectivity index (χ2n) is 4.98. The van der Waals surface area contributed by atoms with Gasteiger partial charge in [0.25, 0.3) is 0 Å². The number of hydrogen-bond donors (Lipinski definition) is 0. The monoisotopic (exact) mass is 352 g/mol. The van der Waals surface area contributed by atoms with Gasteiger partial charge in [-0.05, 0) is 12.8 Å². The standard InChI is InChI=1S/C13H10Br2N2/c14-10-5-9(7-17)13-3-1-2-12(10,13)8(6-16)4-11(13)15/h4-5,10-11H,1-3H2/t10-,11-,12-,13-/m0/s1. The fourth-order valence-electron chi connectivity index (χ4n) is 4.06. The van der Waals surface area contributed by atoms with Gasteiger partial charge in [-0.2, -0.15) is 10.5 Å². The van der Waals surface area contributed by atoms with Gasteiger partial charge >= 0.3 is 0 Å². The van der Waals surface area contributed by atoms with E-state index >= 15 is 0 Å². The first-order valence-corrected chi connectivity index (χ1v) is 7.49. The SMILES string of the molecule is N#CC1=C[C@H](Br)[C@@]23CCC[C@@]12[C@@H](Br)C=C3C#N. The van der Waals surface area contributed by atoms with Gasteiger partial charge < -0.3 is 0 Å². The van der Waals surface area contributed by atoms with E-state index in [1.165, 1.54) is 0 Å². The van der Waals surface area contributed by atoms with Crippen molar-refractivity contribution in [2.75, 3.05) is 0 Å². The molecule has 0 aliphatic heterocycles. The third-order valence-electron chi connectivity index (χ3n) is 4.71. The summed E-state index contributed by atoms with van der Waals surface area (Å²) in [5, 5.41) is 18.8. The van der Waals surface area contributed by atoms with E-state index in [1.54, 1.807) is 0 Å². The predicted molar refractivity (Wildman–Crippen MR) is 71.5 cm³/mol. The van der Waals surface area contributed by atoms with Crippen LogP contribution < -0.4 is 0 Å². The molecule has 0 aromatic rings. The van der Waals surface area contributed by atoms with Gasteiger partial charge in [0, 0.05) is 31.6 Å². The Bertz CT molecular complexity index is 489. The van der Waals surface area contributed by atoms with Crippen molar-refractivity contribution in [1.82, 2.24) is 0 Å². The Kier molecular flexibility index (Phi) is 2.35. The number of nitrogens with zero attached hydrogens (tertiary/aromatic N) is 2. The lowest BCUT2D eigenvalue weighted by Crippen LogP contribution is -2.41. The maximum absolute atomic E-state index is 9.38. The van der Waals surface area contributed by atoms with Crippen LogP contribution in [0.5, 0.6) is 0 Å². The zero-order chi connectivity index (χ0) is 12.3. The van der Waals surface area contributed by atoms with Crippen LogP contribution >= 0.6 is 31.9 Å². The topological polar surface area (TPSA) is 47.6 Å². The number of halogens is 2. The van der Waals surface area contributed by atoms with Crippen LogP contribution in [0.15, 0.2) is 23.3 Å². The van der Waals surface area contributed by atoms with Crippen LogP contribution in [0.2, 0.25) is 0 Å². The molecule has 3 aliphatic carbocycles. The molecule has 17 heavy (non-hydrogen) atoms. The summed E-state index contributed by atoms with van der Waals surface area (Å²) in [6.07, 6.45) is 7.09. The Morgan fingerprint density at radius 2 is 1.41 bits per heavy atom. The average molecular weight is 354 g/mol. The third kappa shape index (κ3) is 1.01. The van der Waals surface area contributed by atoms with Crippen molar-refractivity contribution >= 4 is 31.9 Å². The molecule has 3 aliphatic rings. The van der Waals surface area contributed by atoms with E-state index in [9.17, 15) is 10.5 Å². The Morgan fingerprint density at radius 3 is 1.76 bits per heavy atom. The van der Waals surface area contributed by atoms with Crippen LogP contribution in [-0.4, -0.2) is 9.65 Å². The fraction of sp³-hybridized carbons (Fsp3) is 0.538. The predicted octanol–water partition coefficient (Wildman–Crippen LogP) is 3.60. The molecule has 0 amide bonds. The Balaban J connectivity index is 2.28. The summed E-state index contributed by atoms with van der Waals surface area (Å²) in [6.45, 7) is 0. The van der Waals surface area contributed by atoms with Gasteiger partial charge in [0.2, 0.25) is 0 Å². The van der Waals surface area contributed by atoms with Gasteiger partial charge in [0.05, 0.1) is 12.1 Å². The van der Waals surface area contributed by atoms with Crippen molar-refractivity contribution in [3.05, 3.63) is 23.3 Å². The lowest BCUT2D eigenvalue weighted by atomic mass is 9.65. The lowest BCUT2D eigenvalue weighted by Gasteiger charge is -2.40. The van der Waals surface area contributed by atoms with E-state index < -0.39 is 0 Å². The molecular formula is C13H10Br2N2. The molecule has 1 fully saturated rings. The minimum absolute atomic E-state index is 0.112. The maximum atomic E-state index is 9.38. The van der Waals surface area contributed by atoms with Gasteiger partial charge in [-0.25, -0.2) is 0 Å². The molecule has 0 unspecified atom stereocenters. The van der Waals surface area contributed by atoms with Crippen molar-refractivity contribution in [3.8, 4) is 12.1 Å². The molecule has 1 saturated carbocycles. The van der Waals surface area contributed by atoms with Crippen LogP contribution in [0, 0.1) is 33.5 Å². The third-order valence-corrected chi connectivity index (χ3v) is 6.80. The first-order valence-electron chi connectivity index (χ1n) is 5.66. The van der Waals surface area contributed by atoms with Crippen molar-refractivity contribution < 1.29 is 0 Å². The summed E-state index contributed by atoms with van der Waals surface area (Å²) < 4.78 is 0. The maximum Gasteiger partial charge on any atom is 0.0951 e. The highest BCUT2D eigenvalue weighted by atomic mass is 79.9. The molecule has 0 bridgehead atoms. The van der Waals surface area contributed by atoms with Crippen molar-refractivity contribution in [2.24, 2.45) is 10.8 Å². The van der Waals surface area contributed by atoms with E-state index in [0.29, 0.717) is 0 Å². The summed E-state index contributed by atoms with van der Waals surface area (Å²) in [6, 6.07) is 4.71. The van der Waals surface area contributed by atoms with E-state index in [1.807, 2.05) is 12.2 Å². The van der Waals surface area contributed by atoms with Gasteiger partial charge in [-0.1, -0.05) is 50.4 Å². The molecule has 0 radical (unpaired) electrons. The summed E-state index contributed by atoms with van der Waals surface area (Å²) in [5.41, 5.74) is 1.34. The van der Waals surface area contributed by atoms with Crippen LogP contribution in [0.3, 0.4) is 0 Å². The zero-order valence-electron chi connectivity index (χ0n) is 9.08. The van der Waals surface area contributed by atoms with Crippen LogP contribution in [-0.2, 0) is 0 Å². The molecule has 0 aromatic heterocycles. The molecule has 0 spiro atoms. The zero-order valence-corrected chi connectivity index (χ0v) is 12.3. The van der Waals surface area contributed by atoms with Crippen molar-refractivity contribution in [2.45, 2.75) is 28.9 Å². The number of alkyl halides is 2. The first kappa shape index (κ1) is 11.5. The summed E-state index contributed by atoms with van der Waals surface area (Å²) in [7, 11) is 0. The second kappa shape index (κ2) is 3.46. The molecule has 4 heteroatoms. The van der Waals surface area contributed by atoms with Gasteiger partial charge in [0.15, 0.2) is 0 Å². The van der Waals surface area contributed by atoms with Crippen LogP contribution in [0.1, 0.15) is 19.3 Å². The van der Waals surface area contributed by atoms with E-state index in [2.05, 4.69) is 44.0 Å². The summed E-state index contributed by atoms with van der Waals surface area (Å²) in [4.78, 5) is 0.223. The largest absolute Gasteiger partial charge is 0.193 e. The van der Waals surface area contributed by atoms with Crippen LogP contribution in [0.25, 0.3) is 0 Å². The highest BCUT2D eigenvalue weighted by Crippen LogP contribution is 2.73. The Hall–Kier alpha value is -0.580. The summed E-state index contributed by atoms with van der Waals surface area (Å²) in [5.74, 6) is 0. The highest BCUT2D eigenvalue weighted by molar-refractivity contribution is 9.10. The number of allylic oxidation sites excluding steroid dienone is 4. The number of hydrogen-bond acceptors (Lipinski definition) is 2. The first-order chi connectivity index (χ1) is 8.13. The number of rotatable bonds is 0. The quantitative estimate of drug-likeness (QED) is 0.624. The normalized spacial score (nSPS) is 46.6. The molecule has 0 saturated heterocycles. The Morgan fingerprint density at radius 1 is 1.00 bits per heavy atom. The molecule has 0 N–H and O–H groups in total. The minimum atomic E-state index is -0.180. The molecule has 86 valence electrons. The second-order valence-corrected chi connectivity index (χ2v) is 6.96. The lowest BCUT2D eigenvalue weighted by molar-refractivity contribution is 0.230. The van der Waals surface area contributed by atoms with Gasteiger partial charge in [-0.15, -0.1) is 0 Å². The van der Waals surface area contributed by atoms with E-state index in [-0.39, 0.29) is 20.5 Å². The minimum Gasteiger partial charge on any atom is -0.193 e. The van der Waals surface area contributed by atoms with Crippen LogP contribution in [0.4, 0.5) is 0 Å². The van der Waals surface area contributed by atoms with E-state index in [0.717, 1.165) is 30.4 Å². The van der Waals surface area contributed by atoms with Gasteiger partial charge in [-0.3, -0.25) is 0 Å².